The predicted octanol–water partition coefficient (Wildman–Crippen LogP) is 3.17. The van der Waals surface area contributed by atoms with Gasteiger partial charge in [-0.25, -0.2) is 5.01 Å². The fourth-order valence-corrected chi connectivity index (χ4v) is 2.83. The largest absolute Gasteiger partial charge is 0.300 e. The highest BCUT2D eigenvalue weighted by Gasteiger charge is 2.42. The molecule has 0 saturated heterocycles. The second-order valence-corrected chi connectivity index (χ2v) is 5.98. The van der Waals surface area contributed by atoms with Crippen LogP contribution in [0.3, 0.4) is 0 Å². The van der Waals surface area contributed by atoms with Gasteiger partial charge in [0.05, 0.1) is 17.2 Å². The number of carbonyl (C=O) groups excluding carboxylic acids is 3. The number of fused-ring (bicyclic) bond motifs is 1. The average molecular weight is 306 g/mol. The molecule has 1 atom stereocenters. The van der Waals surface area contributed by atoms with E-state index in [-0.39, 0.29) is 11.3 Å². The smallest absolute Gasteiger partial charge is 0.267 e. The molecular weight excluding hydrogens is 288 g/mol. The third kappa shape index (κ3) is 2.68. The zero-order valence-corrected chi connectivity index (χ0v) is 13.1. The summed E-state index contributed by atoms with van der Waals surface area (Å²) in [5, 5.41) is 2.00. The second-order valence-electron chi connectivity index (χ2n) is 4.77. The van der Waals surface area contributed by atoms with E-state index < -0.39 is 11.8 Å². The van der Waals surface area contributed by atoms with Crippen molar-refractivity contribution in [3.8, 4) is 0 Å². The molecule has 1 unspecified atom stereocenters. The number of imide groups is 1. The average Bonchev–Trinajstić information content (AvgIpc) is 2.73. The van der Waals surface area contributed by atoms with Gasteiger partial charge in [-0.15, -0.1) is 0 Å². The Balaban J connectivity index is 2.41. The van der Waals surface area contributed by atoms with Gasteiger partial charge in [0, 0.05) is 0 Å². The van der Waals surface area contributed by atoms with Gasteiger partial charge in [0.15, 0.2) is 0 Å². The molecular formula is C15H18N2O3S. The first-order chi connectivity index (χ1) is 10.0. The van der Waals surface area contributed by atoms with E-state index in [9.17, 15) is 14.4 Å². The minimum absolute atomic E-state index is 0.223. The molecule has 0 N–H and O–H groups in total. The van der Waals surface area contributed by atoms with Crippen molar-refractivity contribution in [3.05, 3.63) is 35.4 Å². The minimum atomic E-state index is -0.430. The molecule has 1 aromatic carbocycles. The molecule has 1 aromatic rings. The van der Waals surface area contributed by atoms with E-state index in [1.165, 1.54) is 5.01 Å². The van der Waals surface area contributed by atoms with E-state index in [2.05, 4.69) is 0 Å². The molecule has 3 amide bonds. The van der Waals surface area contributed by atoms with Crippen LogP contribution in [0, 0.1) is 0 Å². The monoisotopic (exact) mass is 306 g/mol. The van der Waals surface area contributed by atoms with Gasteiger partial charge in [0.1, 0.15) is 0 Å². The maximum Gasteiger partial charge on any atom is 0.300 e. The maximum atomic E-state index is 12.5. The van der Waals surface area contributed by atoms with Crippen molar-refractivity contribution in [3.63, 3.8) is 0 Å². The van der Waals surface area contributed by atoms with E-state index >= 15 is 0 Å². The van der Waals surface area contributed by atoms with Crippen molar-refractivity contribution in [2.75, 3.05) is 5.75 Å². The normalized spacial score (nSPS) is 15.1. The molecule has 1 heterocycles. The van der Waals surface area contributed by atoms with E-state index in [0.29, 0.717) is 23.3 Å². The lowest BCUT2D eigenvalue weighted by molar-refractivity contribution is 0.0101. The zero-order chi connectivity index (χ0) is 15.6. The molecule has 0 fully saturated rings. The van der Waals surface area contributed by atoms with E-state index in [0.717, 1.165) is 16.8 Å². The Kier molecular flexibility index (Phi) is 4.67. The highest BCUT2D eigenvalue weighted by atomic mass is 32.2. The van der Waals surface area contributed by atoms with Gasteiger partial charge >= 0.3 is 5.24 Å². The summed E-state index contributed by atoms with van der Waals surface area (Å²) in [7, 11) is 0. The van der Waals surface area contributed by atoms with Crippen molar-refractivity contribution in [2.24, 2.45) is 0 Å². The predicted molar refractivity (Wildman–Crippen MR) is 82.1 cm³/mol. The van der Waals surface area contributed by atoms with Crippen LogP contribution in [-0.2, 0) is 0 Å². The number of benzene rings is 1. The van der Waals surface area contributed by atoms with Crippen molar-refractivity contribution in [2.45, 2.75) is 33.2 Å². The summed E-state index contributed by atoms with van der Waals surface area (Å²) in [6, 6.07) is 6.43. The number of nitrogens with zero attached hydrogens (tertiary/aromatic N) is 2. The summed E-state index contributed by atoms with van der Waals surface area (Å²) in [4.78, 5) is 37.3. The Morgan fingerprint density at radius 1 is 1.19 bits per heavy atom. The third-order valence-corrected chi connectivity index (χ3v) is 4.17. The highest BCUT2D eigenvalue weighted by Crippen LogP contribution is 2.27. The van der Waals surface area contributed by atoms with Crippen molar-refractivity contribution in [1.82, 2.24) is 10.0 Å². The molecule has 0 saturated carbocycles. The molecule has 112 valence electrons. The van der Waals surface area contributed by atoms with Crippen LogP contribution in [0.4, 0.5) is 4.79 Å². The van der Waals surface area contributed by atoms with Gasteiger partial charge in [-0.3, -0.25) is 14.4 Å². The van der Waals surface area contributed by atoms with Crippen LogP contribution in [0.5, 0.6) is 0 Å². The van der Waals surface area contributed by atoms with Gasteiger partial charge < -0.3 is 0 Å². The molecule has 21 heavy (non-hydrogen) atoms. The Hall–Kier alpha value is -1.82. The lowest BCUT2D eigenvalue weighted by Gasteiger charge is -2.34. The van der Waals surface area contributed by atoms with Crippen LogP contribution in [0.1, 0.15) is 47.9 Å². The Morgan fingerprint density at radius 3 is 2.14 bits per heavy atom. The summed E-state index contributed by atoms with van der Waals surface area (Å²) in [6.45, 7) is 5.61. The van der Waals surface area contributed by atoms with Crippen LogP contribution >= 0.6 is 11.8 Å². The first-order valence-corrected chi connectivity index (χ1v) is 7.95. The molecule has 2 rings (SSSR count). The van der Waals surface area contributed by atoms with E-state index in [1.54, 1.807) is 24.3 Å². The standard InChI is InChI=1S/C15H18N2O3S/c1-4-10(3)16(15(20)21-5-2)17-13(18)11-8-6-7-9-12(11)14(17)19/h6-10H,4-5H2,1-3H3. The van der Waals surface area contributed by atoms with Crippen LogP contribution < -0.4 is 0 Å². The number of carbonyl (C=O) groups is 3. The van der Waals surface area contributed by atoms with Crippen molar-refractivity contribution in [1.29, 1.82) is 0 Å². The Labute approximate surface area is 128 Å². The molecule has 0 aliphatic carbocycles. The quantitative estimate of drug-likeness (QED) is 0.802. The number of hydrazine groups is 1. The SMILES string of the molecule is CCSC(=O)N(C(C)CC)N1C(=O)c2ccccc2C1=O. The molecule has 5 nitrogen and oxygen atoms in total. The number of thioether (sulfide) groups is 1. The molecule has 0 bridgehead atoms. The van der Waals surface area contributed by atoms with E-state index in [4.69, 9.17) is 0 Å². The lowest BCUT2D eigenvalue weighted by atomic mass is 10.1. The van der Waals surface area contributed by atoms with Crippen molar-refractivity contribution < 1.29 is 14.4 Å². The van der Waals surface area contributed by atoms with Gasteiger partial charge in [-0.05, 0) is 31.2 Å². The highest BCUT2D eigenvalue weighted by molar-refractivity contribution is 8.13. The summed E-state index contributed by atoms with van der Waals surface area (Å²) in [5.74, 6) is -0.267. The summed E-state index contributed by atoms with van der Waals surface area (Å²) >= 11 is 1.09. The molecule has 1 aliphatic heterocycles. The fraction of sp³-hybridized carbons (Fsp3) is 0.400. The maximum absolute atomic E-state index is 12.5. The summed E-state index contributed by atoms with van der Waals surface area (Å²) in [5.41, 5.74) is 0.704. The number of hydrogen-bond donors (Lipinski definition) is 0. The van der Waals surface area contributed by atoms with Crippen LogP contribution in [0.15, 0.2) is 24.3 Å². The Bertz CT molecular complexity index is 553. The molecule has 0 radical (unpaired) electrons. The lowest BCUT2D eigenvalue weighted by Crippen LogP contribution is -2.52. The first kappa shape index (κ1) is 15.6. The summed E-state index contributed by atoms with van der Waals surface area (Å²) < 4.78 is 0. The topological polar surface area (TPSA) is 57.7 Å². The fourth-order valence-electron chi connectivity index (χ4n) is 2.19. The number of rotatable bonds is 4. The van der Waals surface area contributed by atoms with E-state index in [1.807, 2.05) is 20.8 Å². The first-order valence-electron chi connectivity index (χ1n) is 6.96. The molecule has 0 aromatic heterocycles. The minimum Gasteiger partial charge on any atom is -0.267 e. The van der Waals surface area contributed by atoms with Crippen LogP contribution in [0.25, 0.3) is 0 Å². The number of hydrogen-bond acceptors (Lipinski definition) is 4. The third-order valence-electron chi connectivity index (χ3n) is 3.45. The Morgan fingerprint density at radius 2 is 1.71 bits per heavy atom. The molecule has 1 aliphatic rings. The second kappa shape index (κ2) is 6.30. The van der Waals surface area contributed by atoms with Crippen molar-refractivity contribution >= 4 is 28.8 Å². The van der Waals surface area contributed by atoms with Crippen LogP contribution in [-0.4, -0.2) is 38.9 Å². The van der Waals surface area contributed by atoms with Gasteiger partial charge in [0.25, 0.3) is 11.8 Å². The van der Waals surface area contributed by atoms with Gasteiger partial charge in [-0.1, -0.05) is 37.7 Å². The molecule has 6 heteroatoms. The van der Waals surface area contributed by atoms with Gasteiger partial charge in [0.2, 0.25) is 0 Å². The van der Waals surface area contributed by atoms with Crippen LogP contribution in [0.2, 0.25) is 0 Å². The van der Waals surface area contributed by atoms with Gasteiger partial charge in [-0.2, -0.15) is 5.01 Å². The molecule has 0 spiro atoms. The zero-order valence-electron chi connectivity index (χ0n) is 12.3. The summed E-state index contributed by atoms with van der Waals surface area (Å²) in [6.07, 6.45) is 0.656. The number of amides is 3.